The molecule has 5 heteroatoms. The van der Waals surface area contributed by atoms with E-state index in [1.807, 2.05) is 6.92 Å². The molecule has 1 aromatic carbocycles. The number of hydrogen-bond acceptors (Lipinski definition) is 3. The molecule has 0 bridgehead atoms. The number of ether oxygens (including phenoxy) is 2. The van der Waals surface area contributed by atoms with Crippen LogP contribution in [0.25, 0.3) is 0 Å². The van der Waals surface area contributed by atoms with Gasteiger partial charge in [-0.25, -0.2) is 4.39 Å². The lowest BCUT2D eigenvalue weighted by Crippen LogP contribution is -2.41. The van der Waals surface area contributed by atoms with Gasteiger partial charge >= 0.3 is 0 Å². The highest BCUT2D eigenvalue weighted by Gasteiger charge is 2.22. The maximum absolute atomic E-state index is 13.5. The van der Waals surface area contributed by atoms with Crippen LogP contribution in [0.5, 0.6) is 5.75 Å². The van der Waals surface area contributed by atoms with E-state index in [1.54, 1.807) is 12.1 Å². The number of para-hydroxylation sites is 1. The van der Waals surface area contributed by atoms with Gasteiger partial charge in [0.15, 0.2) is 17.7 Å². The van der Waals surface area contributed by atoms with E-state index in [0.717, 1.165) is 19.4 Å². The average molecular weight is 281 g/mol. The van der Waals surface area contributed by atoms with Gasteiger partial charge in [-0.2, -0.15) is 0 Å². The largest absolute Gasteiger partial charge is 0.478 e. The highest BCUT2D eigenvalue weighted by atomic mass is 19.1. The topological polar surface area (TPSA) is 47.6 Å². The van der Waals surface area contributed by atoms with Crippen molar-refractivity contribution >= 4 is 5.91 Å². The maximum Gasteiger partial charge on any atom is 0.261 e. The van der Waals surface area contributed by atoms with Crippen LogP contribution in [0.4, 0.5) is 4.39 Å². The minimum Gasteiger partial charge on any atom is -0.478 e. The van der Waals surface area contributed by atoms with E-state index < -0.39 is 11.9 Å². The second kappa shape index (κ2) is 7.24. The van der Waals surface area contributed by atoms with Crippen LogP contribution in [0.3, 0.4) is 0 Å². The van der Waals surface area contributed by atoms with E-state index in [0.29, 0.717) is 13.0 Å². The minimum atomic E-state index is -0.687. The molecule has 2 rings (SSSR count). The number of nitrogens with one attached hydrogen (secondary N) is 1. The van der Waals surface area contributed by atoms with Gasteiger partial charge in [-0.05, 0) is 31.4 Å². The molecule has 0 saturated carbocycles. The predicted molar refractivity (Wildman–Crippen MR) is 73.1 cm³/mol. The van der Waals surface area contributed by atoms with Gasteiger partial charge in [-0.3, -0.25) is 4.79 Å². The van der Waals surface area contributed by atoms with Crippen molar-refractivity contribution in [3.8, 4) is 5.75 Å². The molecule has 1 aromatic rings. The third-order valence-electron chi connectivity index (χ3n) is 3.30. The summed E-state index contributed by atoms with van der Waals surface area (Å²) in [6, 6.07) is 6.09. The third kappa shape index (κ3) is 3.93. The van der Waals surface area contributed by atoms with Gasteiger partial charge in [0.25, 0.3) is 5.91 Å². The second-order valence-corrected chi connectivity index (χ2v) is 4.83. The Labute approximate surface area is 118 Å². The molecule has 2 atom stereocenters. The Bertz CT molecular complexity index is 446. The van der Waals surface area contributed by atoms with Crippen molar-refractivity contribution in [2.75, 3.05) is 13.2 Å². The van der Waals surface area contributed by atoms with E-state index in [9.17, 15) is 9.18 Å². The fourth-order valence-electron chi connectivity index (χ4n) is 2.15. The van der Waals surface area contributed by atoms with Crippen molar-refractivity contribution in [1.82, 2.24) is 5.32 Å². The molecule has 0 radical (unpaired) electrons. The lowest BCUT2D eigenvalue weighted by atomic mass is 10.2. The van der Waals surface area contributed by atoms with Crippen molar-refractivity contribution < 1.29 is 18.7 Å². The van der Waals surface area contributed by atoms with Gasteiger partial charge in [-0.15, -0.1) is 0 Å². The molecule has 0 unspecified atom stereocenters. The predicted octanol–water partition coefficient (Wildman–Crippen LogP) is 2.28. The Balaban J connectivity index is 1.87. The smallest absolute Gasteiger partial charge is 0.261 e. The molecule has 1 N–H and O–H groups in total. The molecule has 0 aromatic heterocycles. The molecular formula is C15H20FNO3. The normalized spacial score (nSPS) is 19.6. The summed E-state index contributed by atoms with van der Waals surface area (Å²) < 4.78 is 24.4. The zero-order valence-electron chi connectivity index (χ0n) is 11.6. The molecule has 1 aliphatic heterocycles. The van der Waals surface area contributed by atoms with E-state index in [-0.39, 0.29) is 17.8 Å². The van der Waals surface area contributed by atoms with Crippen LogP contribution in [0, 0.1) is 5.82 Å². The summed E-state index contributed by atoms with van der Waals surface area (Å²) in [4.78, 5) is 12.0. The molecule has 1 fully saturated rings. The molecule has 1 aliphatic rings. The monoisotopic (exact) mass is 281 g/mol. The van der Waals surface area contributed by atoms with E-state index in [2.05, 4.69) is 5.32 Å². The first-order valence-electron chi connectivity index (χ1n) is 7.01. The van der Waals surface area contributed by atoms with Crippen molar-refractivity contribution in [2.45, 2.75) is 38.4 Å². The summed E-state index contributed by atoms with van der Waals surface area (Å²) in [5.41, 5.74) is 0. The fourth-order valence-corrected chi connectivity index (χ4v) is 2.15. The first-order chi connectivity index (χ1) is 9.70. The first-order valence-corrected chi connectivity index (χ1v) is 7.01. The van der Waals surface area contributed by atoms with Crippen LogP contribution < -0.4 is 10.1 Å². The molecular weight excluding hydrogens is 261 g/mol. The Kier molecular flexibility index (Phi) is 5.35. The zero-order valence-corrected chi connectivity index (χ0v) is 11.6. The van der Waals surface area contributed by atoms with Crippen molar-refractivity contribution in [2.24, 2.45) is 0 Å². The number of benzene rings is 1. The third-order valence-corrected chi connectivity index (χ3v) is 3.30. The number of halogens is 1. The molecule has 20 heavy (non-hydrogen) atoms. The van der Waals surface area contributed by atoms with Crippen molar-refractivity contribution in [1.29, 1.82) is 0 Å². The van der Waals surface area contributed by atoms with E-state index >= 15 is 0 Å². The molecule has 0 aliphatic carbocycles. The Morgan fingerprint density at radius 1 is 1.55 bits per heavy atom. The summed E-state index contributed by atoms with van der Waals surface area (Å²) in [5, 5.41) is 2.80. The molecule has 1 saturated heterocycles. The van der Waals surface area contributed by atoms with Gasteiger partial charge in [0, 0.05) is 13.2 Å². The highest BCUT2D eigenvalue weighted by molar-refractivity contribution is 5.81. The number of carbonyl (C=O) groups excluding carboxylic acids is 1. The maximum atomic E-state index is 13.5. The molecule has 1 amide bonds. The lowest BCUT2D eigenvalue weighted by Gasteiger charge is -2.18. The van der Waals surface area contributed by atoms with Crippen LogP contribution in [-0.2, 0) is 9.53 Å². The van der Waals surface area contributed by atoms with Crippen LogP contribution in [0.1, 0.15) is 26.2 Å². The van der Waals surface area contributed by atoms with Crippen molar-refractivity contribution in [3.05, 3.63) is 30.1 Å². The highest BCUT2D eigenvalue weighted by Crippen LogP contribution is 2.18. The van der Waals surface area contributed by atoms with Gasteiger partial charge in [0.2, 0.25) is 0 Å². The second-order valence-electron chi connectivity index (χ2n) is 4.83. The SMILES string of the molecule is CC[C@H](Oc1ccccc1F)C(=O)NC[C@H]1CCCO1. The summed E-state index contributed by atoms with van der Waals surface area (Å²) in [5.74, 6) is -0.587. The summed E-state index contributed by atoms with van der Waals surface area (Å²) in [6.45, 7) is 3.07. The summed E-state index contributed by atoms with van der Waals surface area (Å²) in [6.07, 6.45) is 1.87. The molecule has 1 heterocycles. The average Bonchev–Trinajstić information content (AvgIpc) is 2.97. The standard InChI is InChI=1S/C15H20FNO3/c1-2-13(20-14-8-4-3-7-12(14)16)15(18)17-10-11-6-5-9-19-11/h3-4,7-8,11,13H,2,5-6,9-10H2,1H3,(H,17,18)/t11-,13+/m1/s1. The van der Waals surface area contributed by atoms with Gasteiger partial charge in [0.1, 0.15) is 0 Å². The lowest BCUT2D eigenvalue weighted by molar-refractivity contribution is -0.128. The van der Waals surface area contributed by atoms with Gasteiger partial charge in [-0.1, -0.05) is 19.1 Å². The van der Waals surface area contributed by atoms with Gasteiger partial charge < -0.3 is 14.8 Å². The molecule has 0 spiro atoms. The zero-order chi connectivity index (χ0) is 14.4. The van der Waals surface area contributed by atoms with Crippen molar-refractivity contribution in [3.63, 3.8) is 0 Å². The van der Waals surface area contributed by atoms with E-state index in [1.165, 1.54) is 12.1 Å². The van der Waals surface area contributed by atoms with Gasteiger partial charge in [0.05, 0.1) is 6.10 Å². The number of hydrogen-bond donors (Lipinski definition) is 1. The number of rotatable bonds is 6. The Hall–Kier alpha value is -1.62. The van der Waals surface area contributed by atoms with Crippen LogP contribution >= 0.6 is 0 Å². The first kappa shape index (κ1) is 14.8. The number of carbonyl (C=O) groups is 1. The quantitative estimate of drug-likeness (QED) is 0.870. The molecule has 110 valence electrons. The van der Waals surface area contributed by atoms with Crippen LogP contribution in [-0.4, -0.2) is 31.3 Å². The number of amides is 1. The summed E-state index contributed by atoms with van der Waals surface area (Å²) in [7, 11) is 0. The van der Waals surface area contributed by atoms with E-state index in [4.69, 9.17) is 9.47 Å². The Morgan fingerprint density at radius 3 is 3.00 bits per heavy atom. The minimum absolute atomic E-state index is 0.0879. The summed E-state index contributed by atoms with van der Waals surface area (Å²) >= 11 is 0. The molecule has 4 nitrogen and oxygen atoms in total. The van der Waals surface area contributed by atoms with Crippen LogP contribution in [0.2, 0.25) is 0 Å². The fraction of sp³-hybridized carbons (Fsp3) is 0.533. The Morgan fingerprint density at radius 2 is 2.35 bits per heavy atom. The van der Waals surface area contributed by atoms with Crippen LogP contribution in [0.15, 0.2) is 24.3 Å².